The molecular formula is C13H21O3P. The summed E-state index contributed by atoms with van der Waals surface area (Å²) in [4.78, 5) is 0. The highest BCUT2D eigenvalue weighted by atomic mass is 31.2. The second kappa shape index (κ2) is 7.65. The second-order valence-corrected chi connectivity index (χ2v) is 6.04. The monoisotopic (exact) mass is 256 g/mol. The smallest absolute Gasteiger partial charge is 0.309 e. The molecule has 0 aromatic heterocycles. The van der Waals surface area contributed by atoms with E-state index in [1.54, 1.807) is 12.1 Å². The van der Waals surface area contributed by atoms with Gasteiger partial charge in [0.2, 0.25) is 0 Å². The van der Waals surface area contributed by atoms with Crippen LogP contribution in [0.5, 0.6) is 0 Å². The van der Waals surface area contributed by atoms with Gasteiger partial charge in [0, 0.05) is 7.11 Å². The van der Waals surface area contributed by atoms with E-state index in [4.69, 9.17) is 9.05 Å². The molecule has 0 aliphatic rings. The molecule has 1 unspecified atom stereocenters. The molecule has 0 radical (unpaired) electrons. The van der Waals surface area contributed by atoms with Crippen LogP contribution in [0, 0.1) is 0 Å². The predicted molar refractivity (Wildman–Crippen MR) is 70.8 cm³/mol. The Hall–Kier alpha value is -0.630. The summed E-state index contributed by atoms with van der Waals surface area (Å²) in [6, 6.07) is 9.10. The van der Waals surface area contributed by atoms with Crippen molar-refractivity contribution >= 4 is 12.9 Å². The number of benzene rings is 1. The lowest BCUT2D eigenvalue weighted by Gasteiger charge is -2.16. The Kier molecular flexibility index (Phi) is 6.49. The SMILES string of the molecule is CCCCCCOP(=O)(OC)c1ccccc1. The molecule has 0 bridgehead atoms. The lowest BCUT2D eigenvalue weighted by molar-refractivity contribution is 0.238. The third-order valence-electron chi connectivity index (χ3n) is 2.57. The first kappa shape index (κ1) is 14.4. The van der Waals surface area contributed by atoms with E-state index in [9.17, 15) is 4.57 Å². The lowest BCUT2D eigenvalue weighted by atomic mass is 10.2. The van der Waals surface area contributed by atoms with Gasteiger partial charge in [0.05, 0.1) is 11.9 Å². The second-order valence-electron chi connectivity index (χ2n) is 3.91. The van der Waals surface area contributed by atoms with Crippen LogP contribution < -0.4 is 5.30 Å². The van der Waals surface area contributed by atoms with Crippen LogP contribution in [0.1, 0.15) is 32.6 Å². The maximum Gasteiger partial charge on any atom is 0.361 e. The van der Waals surface area contributed by atoms with Crippen molar-refractivity contribution in [2.24, 2.45) is 0 Å². The molecule has 17 heavy (non-hydrogen) atoms. The van der Waals surface area contributed by atoms with Gasteiger partial charge in [-0.3, -0.25) is 4.57 Å². The molecule has 3 nitrogen and oxygen atoms in total. The summed E-state index contributed by atoms with van der Waals surface area (Å²) in [5, 5.41) is 0.623. The Morgan fingerprint density at radius 1 is 1.12 bits per heavy atom. The number of rotatable bonds is 8. The third kappa shape index (κ3) is 4.63. The van der Waals surface area contributed by atoms with Crippen molar-refractivity contribution in [1.82, 2.24) is 0 Å². The van der Waals surface area contributed by atoms with Crippen molar-refractivity contribution in [2.75, 3.05) is 13.7 Å². The topological polar surface area (TPSA) is 35.5 Å². The Labute approximate surface area is 104 Å². The molecule has 0 aliphatic carbocycles. The van der Waals surface area contributed by atoms with Crippen molar-refractivity contribution in [3.63, 3.8) is 0 Å². The highest BCUT2D eigenvalue weighted by Crippen LogP contribution is 2.46. The van der Waals surface area contributed by atoms with E-state index in [0.29, 0.717) is 11.9 Å². The summed E-state index contributed by atoms with van der Waals surface area (Å²) in [5.74, 6) is 0. The maximum absolute atomic E-state index is 12.4. The van der Waals surface area contributed by atoms with Crippen LogP contribution in [0.2, 0.25) is 0 Å². The molecule has 0 fully saturated rings. The van der Waals surface area contributed by atoms with Gasteiger partial charge in [-0.2, -0.15) is 0 Å². The van der Waals surface area contributed by atoms with Gasteiger partial charge < -0.3 is 9.05 Å². The van der Waals surface area contributed by atoms with E-state index in [-0.39, 0.29) is 0 Å². The first-order valence-electron chi connectivity index (χ1n) is 6.09. The standard InChI is InChI=1S/C13H21O3P/c1-3-4-5-9-12-16-17(14,15-2)13-10-7-6-8-11-13/h6-8,10-11H,3-5,9,12H2,1-2H3. The van der Waals surface area contributed by atoms with Gasteiger partial charge in [0.15, 0.2) is 0 Å². The lowest BCUT2D eigenvalue weighted by Crippen LogP contribution is -2.09. The highest BCUT2D eigenvalue weighted by molar-refractivity contribution is 7.62. The van der Waals surface area contributed by atoms with Gasteiger partial charge in [-0.15, -0.1) is 0 Å². The molecule has 0 saturated carbocycles. The molecule has 0 N–H and O–H groups in total. The van der Waals surface area contributed by atoms with Gasteiger partial charge in [-0.05, 0) is 18.6 Å². The van der Waals surface area contributed by atoms with Crippen LogP contribution in [-0.2, 0) is 13.6 Å². The van der Waals surface area contributed by atoms with Gasteiger partial charge in [0.25, 0.3) is 0 Å². The zero-order valence-electron chi connectivity index (χ0n) is 10.6. The van der Waals surface area contributed by atoms with Crippen molar-refractivity contribution in [3.8, 4) is 0 Å². The average Bonchev–Trinajstić information content (AvgIpc) is 2.39. The van der Waals surface area contributed by atoms with E-state index >= 15 is 0 Å². The van der Waals surface area contributed by atoms with E-state index in [1.807, 2.05) is 18.2 Å². The molecule has 0 heterocycles. The first-order chi connectivity index (χ1) is 8.23. The van der Waals surface area contributed by atoms with Crippen LogP contribution in [0.4, 0.5) is 0 Å². The molecule has 1 rings (SSSR count). The number of hydrogen-bond donors (Lipinski definition) is 0. The molecule has 1 atom stereocenters. The number of hydrogen-bond acceptors (Lipinski definition) is 3. The van der Waals surface area contributed by atoms with Crippen LogP contribution >= 0.6 is 7.60 Å². The molecular weight excluding hydrogens is 235 g/mol. The van der Waals surface area contributed by atoms with Gasteiger partial charge >= 0.3 is 7.60 Å². The van der Waals surface area contributed by atoms with Crippen molar-refractivity contribution in [3.05, 3.63) is 30.3 Å². The Bertz CT molecular complexity index is 351. The Morgan fingerprint density at radius 2 is 1.82 bits per heavy atom. The minimum absolute atomic E-state index is 0.486. The molecule has 1 aromatic carbocycles. The number of unbranched alkanes of at least 4 members (excludes halogenated alkanes) is 3. The van der Waals surface area contributed by atoms with Crippen LogP contribution in [0.3, 0.4) is 0 Å². The van der Waals surface area contributed by atoms with Crippen molar-refractivity contribution in [2.45, 2.75) is 32.6 Å². The largest absolute Gasteiger partial charge is 0.361 e. The highest BCUT2D eigenvalue weighted by Gasteiger charge is 2.25. The normalized spacial score (nSPS) is 14.5. The molecule has 1 aromatic rings. The summed E-state index contributed by atoms with van der Waals surface area (Å²) in [6.45, 7) is 2.64. The summed E-state index contributed by atoms with van der Waals surface area (Å²) in [7, 11) is -1.67. The minimum Gasteiger partial charge on any atom is -0.309 e. The van der Waals surface area contributed by atoms with Gasteiger partial charge in [-0.25, -0.2) is 0 Å². The van der Waals surface area contributed by atoms with Crippen LogP contribution in [0.25, 0.3) is 0 Å². The fourth-order valence-corrected chi connectivity index (χ4v) is 2.93. The average molecular weight is 256 g/mol. The summed E-state index contributed by atoms with van der Waals surface area (Å²) in [6.07, 6.45) is 4.40. The third-order valence-corrected chi connectivity index (χ3v) is 4.51. The zero-order valence-corrected chi connectivity index (χ0v) is 11.5. The van der Waals surface area contributed by atoms with Crippen LogP contribution in [0.15, 0.2) is 30.3 Å². The molecule has 0 amide bonds. The van der Waals surface area contributed by atoms with Gasteiger partial charge in [-0.1, -0.05) is 44.4 Å². The fraction of sp³-hybridized carbons (Fsp3) is 0.538. The summed E-state index contributed by atoms with van der Waals surface area (Å²) >= 11 is 0. The fourth-order valence-electron chi connectivity index (χ4n) is 1.56. The molecule has 96 valence electrons. The molecule has 4 heteroatoms. The van der Waals surface area contributed by atoms with E-state index in [1.165, 1.54) is 20.0 Å². The Morgan fingerprint density at radius 3 is 2.41 bits per heavy atom. The van der Waals surface area contributed by atoms with Crippen molar-refractivity contribution in [1.29, 1.82) is 0 Å². The maximum atomic E-state index is 12.4. The molecule has 0 saturated heterocycles. The quantitative estimate of drug-likeness (QED) is 0.525. The van der Waals surface area contributed by atoms with Gasteiger partial charge in [0.1, 0.15) is 0 Å². The van der Waals surface area contributed by atoms with E-state index in [0.717, 1.165) is 12.8 Å². The van der Waals surface area contributed by atoms with Crippen molar-refractivity contribution < 1.29 is 13.6 Å². The van der Waals surface area contributed by atoms with Crippen LogP contribution in [-0.4, -0.2) is 13.7 Å². The predicted octanol–water partition coefficient (Wildman–Crippen LogP) is 3.75. The molecule has 0 spiro atoms. The Balaban J connectivity index is 2.49. The summed E-state index contributed by atoms with van der Waals surface area (Å²) < 4.78 is 22.9. The first-order valence-corrected chi connectivity index (χ1v) is 7.63. The zero-order chi connectivity index (χ0) is 12.6. The minimum atomic E-state index is -3.10. The van der Waals surface area contributed by atoms with E-state index < -0.39 is 7.60 Å². The summed E-state index contributed by atoms with van der Waals surface area (Å²) in [5.41, 5.74) is 0. The van der Waals surface area contributed by atoms with E-state index in [2.05, 4.69) is 6.92 Å². The molecule has 0 aliphatic heterocycles.